The average Bonchev–Trinajstić information content (AvgIpc) is 3.35. The molecule has 138 valence electrons. The van der Waals surface area contributed by atoms with Gasteiger partial charge in [-0.1, -0.05) is 21.1 Å². The number of aromatic nitrogens is 1. The molecule has 0 spiro atoms. The van der Waals surface area contributed by atoms with Crippen molar-refractivity contribution >= 4 is 27.9 Å². The molecule has 0 atom stereocenters. The Kier molecular flexibility index (Phi) is 4.92. The van der Waals surface area contributed by atoms with Gasteiger partial charge in [-0.3, -0.25) is 0 Å². The van der Waals surface area contributed by atoms with Gasteiger partial charge in [-0.15, -0.1) is 0 Å². The van der Waals surface area contributed by atoms with Gasteiger partial charge in [0.15, 0.2) is 5.76 Å². The van der Waals surface area contributed by atoms with E-state index in [1.54, 1.807) is 6.92 Å². The van der Waals surface area contributed by atoms with Gasteiger partial charge in [-0.25, -0.2) is 9.59 Å². The lowest BCUT2D eigenvalue weighted by Crippen LogP contribution is -2.16. The molecular formula is C17H13BrF3NO4. The summed E-state index contributed by atoms with van der Waals surface area (Å²) >= 11 is 3.05. The second-order valence-corrected chi connectivity index (χ2v) is 6.52. The standard InChI is InChI=1S/C17H13BrF3NO4/c1-8-13(14(26-22-8)9-2-3-9)16(24)25-15(23)12-5-4-11(17(19,20)21)6-10(12)7-18/h4-6,9H,2-3,7H2,1H3. The molecule has 0 bridgehead atoms. The molecule has 1 aromatic heterocycles. The summed E-state index contributed by atoms with van der Waals surface area (Å²) in [5.41, 5.74) is -0.529. The van der Waals surface area contributed by atoms with Gasteiger partial charge in [-0.05, 0) is 43.5 Å². The van der Waals surface area contributed by atoms with Crippen LogP contribution in [0.1, 0.15) is 62.1 Å². The maximum atomic E-state index is 12.8. The van der Waals surface area contributed by atoms with E-state index in [0.717, 1.165) is 31.0 Å². The Morgan fingerprint density at radius 1 is 1.31 bits per heavy atom. The second-order valence-electron chi connectivity index (χ2n) is 5.96. The number of hydrogen-bond acceptors (Lipinski definition) is 5. The number of esters is 2. The van der Waals surface area contributed by atoms with Gasteiger partial charge in [0.1, 0.15) is 5.56 Å². The summed E-state index contributed by atoms with van der Waals surface area (Å²) in [4.78, 5) is 24.7. The summed E-state index contributed by atoms with van der Waals surface area (Å²) in [6, 6.07) is 2.61. The molecular weight excluding hydrogens is 419 g/mol. The van der Waals surface area contributed by atoms with E-state index >= 15 is 0 Å². The van der Waals surface area contributed by atoms with Gasteiger partial charge >= 0.3 is 18.1 Å². The van der Waals surface area contributed by atoms with Gasteiger partial charge in [-0.2, -0.15) is 13.2 Å². The van der Waals surface area contributed by atoms with E-state index in [1.165, 1.54) is 0 Å². The maximum Gasteiger partial charge on any atom is 0.416 e. The van der Waals surface area contributed by atoms with Crippen molar-refractivity contribution in [3.63, 3.8) is 0 Å². The summed E-state index contributed by atoms with van der Waals surface area (Å²) in [5, 5.41) is 3.73. The molecule has 1 saturated carbocycles. The van der Waals surface area contributed by atoms with E-state index in [4.69, 9.17) is 9.26 Å². The fraction of sp³-hybridized carbons (Fsp3) is 0.353. The van der Waals surface area contributed by atoms with Crippen LogP contribution in [-0.4, -0.2) is 17.1 Å². The van der Waals surface area contributed by atoms with Crippen LogP contribution in [0.15, 0.2) is 22.7 Å². The third-order valence-corrected chi connectivity index (χ3v) is 4.63. The lowest BCUT2D eigenvalue weighted by molar-refractivity contribution is -0.137. The van der Waals surface area contributed by atoms with Crippen LogP contribution in [0.2, 0.25) is 0 Å². The summed E-state index contributed by atoms with van der Waals surface area (Å²) in [5.74, 6) is -1.48. The first-order valence-electron chi connectivity index (χ1n) is 7.71. The molecule has 1 heterocycles. The number of carbonyl (C=O) groups is 2. The van der Waals surface area contributed by atoms with Crippen molar-refractivity contribution in [3.8, 4) is 0 Å². The third-order valence-electron chi connectivity index (χ3n) is 4.02. The van der Waals surface area contributed by atoms with Crippen molar-refractivity contribution in [2.75, 3.05) is 0 Å². The molecule has 0 radical (unpaired) electrons. The predicted molar refractivity (Wildman–Crippen MR) is 87.0 cm³/mol. The number of ether oxygens (including phenoxy) is 1. The maximum absolute atomic E-state index is 12.8. The average molecular weight is 432 g/mol. The van der Waals surface area contributed by atoms with Gasteiger partial charge in [0.2, 0.25) is 0 Å². The highest BCUT2D eigenvalue weighted by Crippen LogP contribution is 2.42. The minimum Gasteiger partial charge on any atom is -0.386 e. The molecule has 1 aliphatic rings. The SMILES string of the molecule is Cc1noc(C2CC2)c1C(=O)OC(=O)c1ccc(C(F)(F)F)cc1CBr. The molecule has 5 nitrogen and oxygen atoms in total. The highest BCUT2D eigenvalue weighted by Gasteiger charge is 2.36. The number of aryl methyl sites for hydroxylation is 1. The first-order chi connectivity index (χ1) is 12.2. The smallest absolute Gasteiger partial charge is 0.386 e. The Morgan fingerprint density at radius 2 is 2.00 bits per heavy atom. The minimum atomic E-state index is -4.53. The number of benzene rings is 1. The fourth-order valence-corrected chi connectivity index (χ4v) is 2.99. The molecule has 9 heteroatoms. The van der Waals surface area contributed by atoms with Gasteiger partial charge in [0.05, 0.1) is 16.8 Å². The first kappa shape index (κ1) is 18.6. The van der Waals surface area contributed by atoms with E-state index in [1.807, 2.05) is 0 Å². The Hall–Kier alpha value is -2.16. The van der Waals surface area contributed by atoms with Crippen LogP contribution in [0.4, 0.5) is 13.2 Å². The molecule has 0 unspecified atom stereocenters. The molecule has 1 fully saturated rings. The van der Waals surface area contributed by atoms with Crippen LogP contribution in [0.3, 0.4) is 0 Å². The van der Waals surface area contributed by atoms with Crippen molar-refractivity contribution in [1.82, 2.24) is 5.16 Å². The third kappa shape index (κ3) is 3.67. The Morgan fingerprint density at radius 3 is 2.58 bits per heavy atom. The zero-order valence-corrected chi connectivity index (χ0v) is 15.1. The van der Waals surface area contributed by atoms with Crippen molar-refractivity contribution in [3.05, 3.63) is 51.9 Å². The predicted octanol–water partition coefficient (Wildman–Crippen LogP) is 4.77. The Bertz CT molecular complexity index is 871. The zero-order valence-electron chi connectivity index (χ0n) is 13.5. The largest absolute Gasteiger partial charge is 0.416 e. The van der Waals surface area contributed by atoms with Crippen molar-refractivity contribution in [1.29, 1.82) is 0 Å². The number of carbonyl (C=O) groups excluding carboxylic acids is 2. The molecule has 1 aliphatic carbocycles. The molecule has 1 aromatic carbocycles. The number of rotatable bonds is 4. The summed E-state index contributed by atoms with van der Waals surface area (Å²) in [7, 11) is 0. The van der Waals surface area contributed by atoms with Crippen LogP contribution >= 0.6 is 15.9 Å². The summed E-state index contributed by atoms with van der Waals surface area (Å²) in [6.45, 7) is 1.55. The number of halogens is 4. The van der Waals surface area contributed by atoms with Crippen molar-refractivity contribution < 1.29 is 32.0 Å². The van der Waals surface area contributed by atoms with E-state index in [9.17, 15) is 22.8 Å². The zero-order chi connectivity index (χ0) is 19.1. The summed E-state index contributed by atoms with van der Waals surface area (Å²) in [6.07, 6.45) is -2.82. The first-order valence-corrected chi connectivity index (χ1v) is 8.83. The number of alkyl halides is 4. The van der Waals surface area contributed by atoms with E-state index in [0.29, 0.717) is 11.5 Å². The molecule has 26 heavy (non-hydrogen) atoms. The van der Waals surface area contributed by atoms with Crippen molar-refractivity contribution in [2.24, 2.45) is 0 Å². The van der Waals surface area contributed by atoms with Crippen LogP contribution < -0.4 is 0 Å². The second kappa shape index (κ2) is 6.86. The molecule has 0 aliphatic heterocycles. The van der Waals surface area contributed by atoms with Crippen molar-refractivity contribution in [2.45, 2.75) is 37.2 Å². The van der Waals surface area contributed by atoms with E-state index in [-0.39, 0.29) is 27.9 Å². The van der Waals surface area contributed by atoms with Crippen LogP contribution in [-0.2, 0) is 16.2 Å². The lowest BCUT2D eigenvalue weighted by Gasteiger charge is -2.11. The van der Waals surface area contributed by atoms with Gasteiger partial charge < -0.3 is 9.26 Å². The lowest BCUT2D eigenvalue weighted by atomic mass is 10.0. The minimum absolute atomic E-state index is 0.00480. The molecule has 0 N–H and O–H groups in total. The number of hydrogen-bond donors (Lipinski definition) is 0. The number of nitrogens with zero attached hydrogens (tertiary/aromatic N) is 1. The molecule has 2 aromatic rings. The fourth-order valence-electron chi connectivity index (χ4n) is 2.53. The molecule has 3 rings (SSSR count). The highest BCUT2D eigenvalue weighted by molar-refractivity contribution is 9.08. The molecule has 0 amide bonds. The molecule has 0 saturated heterocycles. The topological polar surface area (TPSA) is 69.4 Å². The van der Waals surface area contributed by atoms with Crippen LogP contribution in [0.5, 0.6) is 0 Å². The van der Waals surface area contributed by atoms with E-state index < -0.39 is 23.7 Å². The highest BCUT2D eigenvalue weighted by atomic mass is 79.9. The Labute approximate surface area is 154 Å². The van der Waals surface area contributed by atoms with E-state index in [2.05, 4.69) is 21.1 Å². The van der Waals surface area contributed by atoms with Gasteiger partial charge in [0.25, 0.3) is 0 Å². The normalized spacial score (nSPS) is 14.3. The summed E-state index contributed by atoms with van der Waals surface area (Å²) < 4.78 is 48.4. The Balaban J connectivity index is 1.84. The van der Waals surface area contributed by atoms with Crippen LogP contribution in [0, 0.1) is 6.92 Å². The van der Waals surface area contributed by atoms with Crippen LogP contribution in [0.25, 0.3) is 0 Å². The van der Waals surface area contributed by atoms with Gasteiger partial charge in [0, 0.05) is 11.2 Å². The quantitative estimate of drug-likeness (QED) is 0.396. The monoisotopic (exact) mass is 431 g/mol.